The molecular formula is C19H21NO4. The fraction of sp³-hybridized carbons (Fsp3) is 0.263. The van der Waals surface area contributed by atoms with Gasteiger partial charge in [0.05, 0.1) is 17.7 Å². The third kappa shape index (κ3) is 4.13. The minimum atomic E-state index is -1.07. The normalized spacial score (nSPS) is 11.8. The zero-order chi connectivity index (χ0) is 17.7. The number of benzene rings is 2. The van der Waals surface area contributed by atoms with Gasteiger partial charge in [0.25, 0.3) is 0 Å². The summed E-state index contributed by atoms with van der Waals surface area (Å²) in [6.07, 6.45) is 0.875. The van der Waals surface area contributed by atoms with E-state index in [1.807, 2.05) is 6.07 Å². The summed E-state index contributed by atoms with van der Waals surface area (Å²) in [7, 11) is 0. The Hall–Kier alpha value is -2.82. The summed E-state index contributed by atoms with van der Waals surface area (Å²) >= 11 is 0. The van der Waals surface area contributed by atoms with Gasteiger partial charge in [0.15, 0.2) is 0 Å². The first kappa shape index (κ1) is 17.5. The number of aromatic carboxylic acids is 1. The van der Waals surface area contributed by atoms with Crippen LogP contribution in [-0.4, -0.2) is 22.1 Å². The number of hydrogen-bond donors (Lipinski definition) is 3. The van der Waals surface area contributed by atoms with E-state index in [1.54, 1.807) is 30.3 Å². The lowest BCUT2D eigenvalue weighted by Gasteiger charge is -2.13. The predicted octanol–water partition coefficient (Wildman–Crippen LogP) is 3.79. The van der Waals surface area contributed by atoms with Gasteiger partial charge in [-0.1, -0.05) is 38.1 Å². The molecule has 0 saturated carbocycles. The number of carboxylic acids is 1. The van der Waals surface area contributed by atoms with Crippen LogP contribution in [0.25, 0.3) is 0 Å². The van der Waals surface area contributed by atoms with E-state index in [4.69, 9.17) is 5.11 Å². The van der Waals surface area contributed by atoms with Gasteiger partial charge in [-0.3, -0.25) is 4.79 Å². The van der Waals surface area contributed by atoms with Crippen LogP contribution in [0.2, 0.25) is 0 Å². The second-order valence-corrected chi connectivity index (χ2v) is 5.77. The van der Waals surface area contributed by atoms with Crippen molar-refractivity contribution in [1.82, 2.24) is 0 Å². The maximum absolute atomic E-state index is 12.2. The summed E-state index contributed by atoms with van der Waals surface area (Å²) in [4.78, 5) is 23.4. The number of carboxylic acid groups (broad SMARTS) is 1. The smallest absolute Gasteiger partial charge is 0.335 e. The number of nitrogens with one attached hydrogen (secondary N) is 1. The number of phenols is 1. The molecule has 5 heteroatoms. The fourth-order valence-corrected chi connectivity index (χ4v) is 2.45. The highest BCUT2D eigenvalue weighted by atomic mass is 16.4. The highest BCUT2D eigenvalue weighted by Gasteiger charge is 2.14. The second-order valence-electron chi connectivity index (χ2n) is 5.77. The number of amides is 1. The van der Waals surface area contributed by atoms with E-state index < -0.39 is 5.97 Å². The lowest BCUT2D eigenvalue weighted by molar-refractivity contribution is -0.115. The van der Waals surface area contributed by atoms with Crippen molar-refractivity contribution in [2.75, 3.05) is 5.32 Å². The second kappa shape index (κ2) is 7.64. The van der Waals surface area contributed by atoms with Gasteiger partial charge in [0.2, 0.25) is 5.91 Å². The Morgan fingerprint density at radius 3 is 2.54 bits per heavy atom. The highest BCUT2D eigenvalue weighted by molar-refractivity contribution is 5.96. The van der Waals surface area contributed by atoms with Crippen LogP contribution in [0.3, 0.4) is 0 Å². The molecule has 0 bridgehead atoms. The van der Waals surface area contributed by atoms with Gasteiger partial charge in [-0.05, 0) is 41.7 Å². The van der Waals surface area contributed by atoms with E-state index in [0.717, 1.165) is 12.0 Å². The van der Waals surface area contributed by atoms with Crippen molar-refractivity contribution >= 4 is 17.6 Å². The molecule has 24 heavy (non-hydrogen) atoms. The van der Waals surface area contributed by atoms with Crippen molar-refractivity contribution in [3.8, 4) is 5.75 Å². The van der Waals surface area contributed by atoms with E-state index in [1.165, 1.54) is 6.07 Å². The topological polar surface area (TPSA) is 86.6 Å². The molecule has 0 spiro atoms. The van der Waals surface area contributed by atoms with Crippen LogP contribution in [0.15, 0.2) is 42.5 Å². The molecule has 3 N–H and O–H groups in total. The summed E-state index contributed by atoms with van der Waals surface area (Å²) in [6, 6.07) is 11.5. The average Bonchev–Trinajstić information content (AvgIpc) is 2.56. The molecule has 0 saturated heterocycles. The molecular weight excluding hydrogens is 306 g/mol. The Balaban J connectivity index is 2.17. The Labute approximate surface area is 141 Å². The number of hydrogen-bond acceptors (Lipinski definition) is 3. The first-order chi connectivity index (χ1) is 11.4. The number of rotatable bonds is 6. The molecule has 2 rings (SSSR count). The lowest BCUT2D eigenvalue weighted by Crippen LogP contribution is -2.16. The minimum Gasteiger partial charge on any atom is -0.506 e. The summed E-state index contributed by atoms with van der Waals surface area (Å²) in [5, 5.41) is 21.8. The quantitative estimate of drug-likeness (QED) is 0.705. The Morgan fingerprint density at radius 1 is 1.17 bits per heavy atom. The Morgan fingerprint density at radius 2 is 1.88 bits per heavy atom. The zero-order valence-electron chi connectivity index (χ0n) is 13.7. The fourth-order valence-electron chi connectivity index (χ4n) is 2.45. The summed E-state index contributed by atoms with van der Waals surface area (Å²) < 4.78 is 0. The molecule has 1 atom stereocenters. The van der Waals surface area contributed by atoms with Crippen molar-refractivity contribution in [2.24, 2.45) is 0 Å². The first-order valence-corrected chi connectivity index (χ1v) is 7.86. The zero-order valence-corrected chi connectivity index (χ0v) is 13.7. The van der Waals surface area contributed by atoms with E-state index in [2.05, 4.69) is 19.2 Å². The molecule has 0 aliphatic carbocycles. The SMILES string of the molecule is CCC(C)c1ccc(O)c(NC(=O)Cc2ccccc2C(=O)O)c1. The van der Waals surface area contributed by atoms with Crippen LogP contribution in [0.4, 0.5) is 5.69 Å². The van der Waals surface area contributed by atoms with Crippen molar-refractivity contribution < 1.29 is 19.8 Å². The molecule has 0 aromatic heterocycles. The minimum absolute atomic E-state index is 0.0121. The molecule has 0 heterocycles. The van der Waals surface area contributed by atoms with Crippen LogP contribution >= 0.6 is 0 Å². The first-order valence-electron chi connectivity index (χ1n) is 7.86. The van der Waals surface area contributed by atoms with Crippen LogP contribution < -0.4 is 5.32 Å². The van der Waals surface area contributed by atoms with E-state index in [9.17, 15) is 14.7 Å². The monoisotopic (exact) mass is 327 g/mol. The summed E-state index contributed by atoms with van der Waals surface area (Å²) in [6.45, 7) is 4.14. The van der Waals surface area contributed by atoms with Crippen molar-refractivity contribution in [1.29, 1.82) is 0 Å². The summed E-state index contributed by atoms with van der Waals surface area (Å²) in [5.41, 5.74) is 1.90. The van der Waals surface area contributed by atoms with Gasteiger partial charge >= 0.3 is 5.97 Å². The molecule has 0 aliphatic rings. The van der Waals surface area contributed by atoms with E-state index in [-0.39, 0.29) is 23.6 Å². The highest BCUT2D eigenvalue weighted by Crippen LogP contribution is 2.29. The number of phenolic OH excluding ortho intramolecular Hbond substituents is 1. The van der Waals surface area contributed by atoms with Gasteiger partial charge in [-0.25, -0.2) is 4.79 Å². The van der Waals surface area contributed by atoms with E-state index >= 15 is 0 Å². The number of anilines is 1. The van der Waals surface area contributed by atoms with Crippen LogP contribution in [0, 0.1) is 0 Å². The third-order valence-corrected chi connectivity index (χ3v) is 4.07. The van der Waals surface area contributed by atoms with Crippen molar-refractivity contribution in [2.45, 2.75) is 32.6 Å². The Bertz CT molecular complexity index is 755. The van der Waals surface area contributed by atoms with Crippen molar-refractivity contribution in [3.63, 3.8) is 0 Å². The standard InChI is InChI=1S/C19H21NO4/c1-3-12(2)13-8-9-17(21)16(10-13)20-18(22)11-14-6-4-5-7-15(14)19(23)24/h4-10,12,21H,3,11H2,1-2H3,(H,20,22)(H,23,24). The molecule has 0 fully saturated rings. The molecule has 0 radical (unpaired) electrons. The molecule has 2 aromatic carbocycles. The van der Waals surface area contributed by atoms with Crippen LogP contribution in [0.5, 0.6) is 5.75 Å². The van der Waals surface area contributed by atoms with Crippen LogP contribution in [-0.2, 0) is 11.2 Å². The molecule has 1 amide bonds. The Kier molecular flexibility index (Phi) is 5.58. The molecule has 126 valence electrons. The molecule has 2 aromatic rings. The van der Waals surface area contributed by atoms with Gasteiger partial charge in [0.1, 0.15) is 5.75 Å². The number of aromatic hydroxyl groups is 1. The average molecular weight is 327 g/mol. The number of carbonyl (C=O) groups excluding carboxylic acids is 1. The number of carbonyl (C=O) groups is 2. The predicted molar refractivity (Wildman–Crippen MR) is 92.5 cm³/mol. The van der Waals surface area contributed by atoms with Crippen LogP contribution in [0.1, 0.15) is 47.7 Å². The largest absolute Gasteiger partial charge is 0.506 e. The van der Waals surface area contributed by atoms with Gasteiger partial charge in [-0.2, -0.15) is 0 Å². The summed E-state index contributed by atoms with van der Waals surface area (Å²) in [5.74, 6) is -1.14. The maximum Gasteiger partial charge on any atom is 0.335 e. The molecule has 5 nitrogen and oxygen atoms in total. The molecule has 1 unspecified atom stereocenters. The van der Waals surface area contributed by atoms with E-state index in [0.29, 0.717) is 17.2 Å². The molecule has 0 aliphatic heterocycles. The third-order valence-electron chi connectivity index (χ3n) is 4.07. The van der Waals surface area contributed by atoms with Gasteiger partial charge in [0, 0.05) is 0 Å². The van der Waals surface area contributed by atoms with Gasteiger partial charge in [-0.15, -0.1) is 0 Å². The lowest BCUT2D eigenvalue weighted by atomic mass is 9.98. The van der Waals surface area contributed by atoms with Crippen molar-refractivity contribution in [3.05, 3.63) is 59.2 Å². The van der Waals surface area contributed by atoms with Gasteiger partial charge < -0.3 is 15.5 Å². The maximum atomic E-state index is 12.2.